The molecule has 0 N–H and O–H groups in total. The molecule has 0 aliphatic rings. The summed E-state index contributed by atoms with van der Waals surface area (Å²) in [6, 6.07) is 16.9. The summed E-state index contributed by atoms with van der Waals surface area (Å²) < 4.78 is 53.8. The van der Waals surface area contributed by atoms with E-state index in [0.29, 0.717) is 11.6 Å². The zero-order chi connectivity index (χ0) is 22.7. The molecule has 4 aromatic rings. The van der Waals surface area contributed by atoms with E-state index in [9.17, 15) is 17.6 Å². The molecule has 0 fully saturated rings. The van der Waals surface area contributed by atoms with Gasteiger partial charge in [0.25, 0.3) is 0 Å². The zero-order valence-corrected chi connectivity index (χ0v) is 17.1. The number of halogens is 4. The maximum atomic E-state index is 14.8. The Morgan fingerprint density at radius 1 is 0.781 bits per heavy atom. The Balaban J connectivity index is 1.82. The Kier molecular flexibility index (Phi) is 5.90. The molecule has 1 unspecified atom stereocenters. The topological polar surface area (TPSA) is 29.0 Å². The maximum absolute atomic E-state index is 14.8. The molecule has 0 saturated carbocycles. The maximum Gasteiger partial charge on any atom is 0.416 e. The number of hydrogen-bond acceptors (Lipinski definition) is 3. The van der Waals surface area contributed by atoms with Crippen LogP contribution in [0.3, 0.4) is 0 Å². The number of nitrogens with zero attached hydrogens (tertiary/aromatic N) is 3. The van der Waals surface area contributed by atoms with Crippen molar-refractivity contribution in [3.8, 4) is 11.1 Å². The molecule has 162 valence electrons. The van der Waals surface area contributed by atoms with Crippen molar-refractivity contribution in [2.75, 3.05) is 4.90 Å². The minimum absolute atomic E-state index is 0.109. The van der Waals surface area contributed by atoms with E-state index in [4.69, 9.17) is 0 Å². The van der Waals surface area contributed by atoms with Gasteiger partial charge in [0.1, 0.15) is 5.82 Å². The van der Waals surface area contributed by atoms with Crippen molar-refractivity contribution in [3.05, 3.63) is 108 Å². The third-order valence-corrected chi connectivity index (χ3v) is 5.23. The normalized spacial score (nSPS) is 12.4. The van der Waals surface area contributed by atoms with E-state index in [1.807, 2.05) is 48.2 Å². The van der Waals surface area contributed by atoms with E-state index >= 15 is 0 Å². The van der Waals surface area contributed by atoms with Crippen molar-refractivity contribution in [2.45, 2.75) is 19.1 Å². The van der Waals surface area contributed by atoms with Gasteiger partial charge < -0.3 is 4.90 Å². The van der Waals surface area contributed by atoms with Gasteiger partial charge in [-0.3, -0.25) is 9.97 Å². The molecule has 0 aliphatic carbocycles. The van der Waals surface area contributed by atoms with E-state index in [1.54, 1.807) is 36.9 Å². The van der Waals surface area contributed by atoms with Gasteiger partial charge in [0.2, 0.25) is 0 Å². The summed E-state index contributed by atoms with van der Waals surface area (Å²) >= 11 is 0. The predicted octanol–water partition coefficient (Wildman–Crippen LogP) is 7.20. The molecule has 0 radical (unpaired) electrons. The largest absolute Gasteiger partial charge is 0.416 e. The van der Waals surface area contributed by atoms with Gasteiger partial charge in [0, 0.05) is 18.0 Å². The fourth-order valence-electron chi connectivity index (χ4n) is 3.74. The summed E-state index contributed by atoms with van der Waals surface area (Å²) in [5, 5.41) is 0. The van der Waals surface area contributed by atoms with Crippen molar-refractivity contribution >= 4 is 11.4 Å². The summed E-state index contributed by atoms with van der Waals surface area (Å²) in [6.45, 7) is 1.95. The van der Waals surface area contributed by atoms with Crippen LogP contribution in [0.2, 0.25) is 0 Å². The van der Waals surface area contributed by atoms with Crippen LogP contribution in [0.1, 0.15) is 24.1 Å². The van der Waals surface area contributed by atoms with Gasteiger partial charge in [-0.1, -0.05) is 30.3 Å². The first-order valence-electron chi connectivity index (χ1n) is 9.91. The van der Waals surface area contributed by atoms with Crippen LogP contribution in [-0.4, -0.2) is 9.97 Å². The number of anilines is 2. The summed E-state index contributed by atoms with van der Waals surface area (Å²) in [5.74, 6) is -0.922. The lowest BCUT2D eigenvalue weighted by molar-refractivity contribution is -0.137. The smallest absolute Gasteiger partial charge is 0.332 e. The molecule has 0 saturated heterocycles. The lowest BCUT2D eigenvalue weighted by Gasteiger charge is -2.32. The monoisotopic (exact) mass is 437 g/mol. The third-order valence-electron chi connectivity index (χ3n) is 5.23. The average Bonchev–Trinajstić information content (AvgIpc) is 2.80. The highest BCUT2D eigenvalue weighted by Gasteiger charge is 2.31. The van der Waals surface area contributed by atoms with Crippen molar-refractivity contribution in [1.29, 1.82) is 0 Å². The van der Waals surface area contributed by atoms with Crippen molar-refractivity contribution in [3.63, 3.8) is 0 Å². The third kappa shape index (κ3) is 4.32. The number of hydrogen-bond donors (Lipinski definition) is 0. The fourth-order valence-corrected chi connectivity index (χ4v) is 3.74. The molecule has 2 heterocycles. The van der Waals surface area contributed by atoms with Crippen molar-refractivity contribution in [2.24, 2.45) is 0 Å². The number of pyridine rings is 2. The number of benzene rings is 2. The molecular formula is C25H19F4N3. The van der Waals surface area contributed by atoms with Crippen LogP contribution in [0.4, 0.5) is 28.9 Å². The minimum Gasteiger partial charge on any atom is -0.332 e. The predicted molar refractivity (Wildman–Crippen MR) is 116 cm³/mol. The fraction of sp³-hybridized carbons (Fsp3) is 0.120. The van der Waals surface area contributed by atoms with Crippen LogP contribution in [-0.2, 0) is 6.18 Å². The van der Waals surface area contributed by atoms with E-state index in [2.05, 4.69) is 9.97 Å². The SMILES string of the molecule is CC(c1ccccc1-c1ccc(C(F)(F)F)cc1F)N(c1cccnc1)c1cccnc1. The van der Waals surface area contributed by atoms with Crippen LogP contribution < -0.4 is 4.90 Å². The quantitative estimate of drug-likeness (QED) is 0.309. The lowest BCUT2D eigenvalue weighted by Crippen LogP contribution is -2.22. The Hall–Kier alpha value is -3.74. The second kappa shape index (κ2) is 8.78. The Bertz CT molecular complexity index is 1160. The highest BCUT2D eigenvalue weighted by Crippen LogP contribution is 2.39. The standard InChI is InChI=1S/C25H19F4N3/c1-17(32(19-6-4-12-30-15-19)20-7-5-13-31-16-20)21-8-2-3-9-22(21)23-11-10-18(14-24(23)26)25(27,28)29/h2-17H,1H3. The summed E-state index contributed by atoms with van der Waals surface area (Å²) in [4.78, 5) is 10.4. The number of aromatic nitrogens is 2. The average molecular weight is 437 g/mol. The molecule has 0 aliphatic heterocycles. The summed E-state index contributed by atoms with van der Waals surface area (Å²) in [7, 11) is 0. The first kappa shape index (κ1) is 21.5. The Morgan fingerprint density at radius 2 is 1.41 bits per heavy atom. The first-order valence-corrected chi connectivity index (χ1v) is 9.91. The van der Waals surface area contributed by atoms with Gasteiger partial charge in [0.05, 0.1) is 35.4 Å². The molecule has 2 aromatic carbocycles. The van der Waals surface area contributed by atoms with E-state index < -0.39 is 17.6 Å². The van der Waals surface area contributed by atoms with Gasteiger partial charge in [-0.15, -0.1) is 0 Å². The molecule has 2 aromatic heterocycles. The van der Waals surface area contributed by atoms with E-state index in [-0.39, 0.29) is 11.6 Å². The van der Waals surface area contributed by atoms with Gasteiger partial charge in [-0.2, -0.15) is 13.2 Å². The molecule has 3 nitrogen and oxygen atoms in total. The molecule has 32 heavy (non-hydrogen) atoms. The van der Waals surface area contributed by atoms with Crippen LogP contribution in [0.15, 0.2) is 91.5 Å². The minimum atomic E-state index is -4.61. The highest BCUT2D eigenvalue weighted by atomic mass is 19.4. The highest BCUT2D eigenvalue weighted by molar-refractivity contribution is 5.72. The lowest BCUT2D eigenvalue weighted by atomic mass is 9.93. The van der Waals surface area contributed by atoms with Crippen molar-refractivity contribution < 1.29 is 17.6 Å². The molecule has 1 atom stereocenters. The van der Waals surface area contributed by atoms with Crippen LogP contribution in [0.25, 0.3) is 11.1 Å². The number of alkyl halides is 3. The van der Waals surface area contributed by atoms with Crippen molar-refractivity contribution in [1.82, 2.24) is 9.97 Å². The van der Waals surface area contributed by atoms with Crippen LogP contribution >= 0.6 is 0 Å². The second-order valence-corrected chi connectivity index (χ2v) is 7.25. The summed E-state index contributed by atoms with van der Waals surface area (Å²) in [5.41, 5.74) is 1.96. The van der Waals surface area contributed by atoms with E-state index in [1.165, 1.54) is 6.07 Å². The van der Waals surface area contributed by atoms with Gasteiger partial charge in [-0.25, -0.2) is 4.39 Å². The Morgan fingerprint density at radius 3 is 1.94 bits per heavy atom. The van der Waals surface area contributed by atoms with Crippen LogP contribution in [0.5, 0.6) is 0 Å². The molecule has 7 heteroatoms. The number of rotatable bonds is 5. The molecule has 0 bridgehead atoms. The zero-order valence-electron chi connectivity index (χ0n) is 17.1. The molecular weight excluding hydrogens is 418 g/mol. The van der Waals surface area contributed by atoms with Gasteiger partial charge in [-0.05, 0) is 54.4 Å². The van der Waals surface area contributed by atoms with Crippen LogP contribution in [0, 0.1) is 5.82 Å². The van der Waals surface area contributed by atoms with Gasteiger partial charge >= 0.3 is 6.18 Å². The summed E-state index contributed by atoms with van der Waals surface area (Å²) in [6.07, 6.45) is 2.15. The molecule has 4 rings (SSSR count). The molecule has 0 amide bonds. The van der Waals surface area contributed by atoms with E-state index in [0.717, 1.165) is 23.0 Å². The Labute approximate surface area is 183 Å². The first-order chi connectivity index (χ1) is 15.4. The van der Waals surface area contributed by atoms with Gasteiger partial charge in [0.15, 0.2) is 0 Å². The second-order valence-electron chi connectivity index (χ2n) is 7.25. The molecule has 0 spiro atoms.